The average Bonchev–Trinajstić information content (AvgIpc) is 2.28. The number of carbonyl (C=O) groups excluding carboxylic acids is 1. The predicted molar refractivity (Wildman–Crippen MR) is 74.2 cm³/mol. The van der Waals surface area contributed by atoms with E-state index in [2.05, 4.69) is 5.32 Å². The molecule has 18 heavy (non-hydrogen) atoms. The molecule has 0 radical (unpaired) electrons. The molecule has 0 fully saturated rings. The summed E-state index contributed by atoms with van der Waals surface area (Å²) in [5.41, 5.74) is 0.859. The fourth-order valence-electron chi connectivity index (χ4n) is 1.60. The Morgan fingerprint density at radius 2 is 2.17 bits per heavy atom. The van der Waals surface area contributed by atoms with E-state index < -0.39 is 0 Å². The van der Waals surface area contributed by atoms with Gasteiger partial charge in [-0.15, -0.1) is 11.6 Å². The number of rotatable bonds is 6. The Bertz CT molecular complexity index is 405. The van der Waals surface area contributed by atoms with Gasteiger partial charge in [-0.05, 0) is 38.5 Å². The number of alkyl halides is 1. The number of hydrogen-bond donors (Lipinski definition) is 1. The van der Waals surface area contributed by atoms with Crippen LogP contribution in [0.3, 0.4) is 0 Å². The van der Waals surface area contributed by atoms with Crippen molar-refractivity contribution in [2.75, 3.05) is 12.5 Å². The molecule has 0 spiro atoms. The van der Waals surface area contributed by atoms with Crippen molar-refractivity contribution >= 4 is 17.5 Å². The molecule has 0 unspecified atom stereocenters. The maximum absolute atomic E-state index is 11.2. The molecular weight excluding hydrogens is 250 g/mol. The third kappa shape index (κ3) is 5.41. The van der Waals surface area contributed by atoms with E-state index >= 15 is 0 Å². The average molecular weight is 270 g/mol. The molecule has 0 atom stereocenters. The van der Waals surface area contributed by atoms with E-state index in [1.807, 2.05) is 45.0 Å². The molecule has 1 aromatic rings. The molecule has 4 heteroatoms. The van der Waals surface area contributed by atoms with Crippen molar-refractivity contribution < 1.29 is 9.53 Å². The molecule has 0 aliphatic rings. The molecule has 1 aromatic carbocycles. The van der Waals surface area contributed by atoms with Gasteiger partial charge in [-0.25, -0.2) is 0 Å². The highest BCUT2D eigenvalue weighted by molar-refractivity contribution is 6.27. The van der Waals surface area contributed by atoms with Crippen LogP contribution in [0.1, 0.15) is 25.8 Å². The van der Waals surface area contributed by atoms with E-state index in [0.29, 0.717) is 6.61 Å². The highest BCUT2D eigenvalue weighted by Crippen LogP contribution is 2.15. The quantitative estimate of drug-likeness (QED) is 0.807. The van der Waals surface area contributed by atoms with Gasteiger partial charge >= 0.3 is 0 Å². The van der Waals surface area contributed by atoms with Crippen molar-refractivity contribution in [2.45, 2.75) is 32.7 Å². The molecule has 0 aliphatic heterocycles. The van der Waals surface area contributed by atoms with E-state index in [4.69, 9.17) is 16.3 Å². The Balaban J connectivity index is 2.39. The second kappa shape index (κ2) is 6.64. The van der Waals surface area contributed by atoms with Gasteiger partial charge in [0.1, 0.15) is 11.6 Å². The van der Waals surface area contributed by atoms with E-state index in [1.165, 1.54) is 5.56 Å². The van der Waals surface area contributed by atoms with Gasteiger partial charge in [0, 0.05) is 12.0 Å². The van der Waals surface area contributed by atoms with Gasteiger partial charge in [-0.2, -0.15) is 0 Å². The highest BCUT2D eigenvalue weighted by Gasteiger charge is 2.19. The van der Waals surface area contributed by atoms with Crippen LogP contribution in [0.5, 0.6) is 5.75 Å². The molecule has 0 aromatic heterocycles. The molecule has 1 amide bonds. The molecule has 0 saturated heterocycles. The predicted octanol–water partition coefficient (Wildman–Crippen LogP) is 2.90. The lowest BCUT2D eigenvalue weighted by Crippen LogP contribution is -2.45. The Kier molecular flexibility index (Phi) is 5.48. The number of benzene rings is 1. The van der Waals surface area contributed by atoms with Gasteiger partial charge in [0.2, 0.25) is 5.91 Å². The Morgan fingerprint density at radius 3 is 2.78 bits per heavy atom. The molecule has 0 heterocycles. The number of carbonyl (C=O) groups is 1. The van der Waals surface area contributed by atoms with Crippen molar-refractivity contribution in [3.63, 3.8) is 0 Å². The first-order valence-electron chi connectivity index (χ1n) is 5.99. The minimum atomic E-state index is -0.310. The number of nitrogens with one attached hydrogen (secondary N) is 1. The summed E-state index contributed by atoms with van der Waals surface area (Å²) < 4.78 is 5.65. The monoisotopic (exact) mass is 269 g/mol. The van der Waals surface area contributed by atoms with Crippen LogP contribution in [-0.4, -0.2) is 23.9 Å². The third-order valence-corrected chi connectivity index (χ3v) is 2.83. The van der Waals surface area contributed by atoms with Gasteiger partial charge in [0.15, 0.2) is 0 Å². The summed E-state index contributed by atoms with van der Waals surface area (Å²) in [6.45, 7) is 6.49. The fourth-order valence-corrected chi connectivity index (χ4v) is 1.67. The Morgan fingerprint density at radius 1 is 1.44 bits per heavy atom. The largest absolute Gasteiger partial charge is 0.493 e. The maximum atomic E-state index is 11.2. The molecular formula is C14H20ClNO2. The molecule has 1 N–H and O–H groups in total. The zero-order valence-corrected chi connectivity index (χ0v) is 11.9. The topological polar surface area (TPSA) is 38.3 Å². The van der Waals surface area contributed by atoms with Crippen LogP contribution >= 0.6 is 11.6 Å². The van der Waals surface area contributed by atoms with E-state index in [-0.39, 0.29) is 17.3 Å². The number of ether oxygens (including phenoxy) is 1. The summed E-state index contributed by atoms with van der Waals surface area (Å²) in [4.78, 5) is 11.2. The van der Waals surface area contributed by atoms with Gasteiger partial charge in [0.25, 0.3) is 0 Å². The molecule has 3 nitrogen and oxygen atoms in total. The van der Waals surface area contributed by atoms with Gasteiger partial charge in [0.05, 0.1) is 6.61 Å². The molecule has 100 valence electrons. The fraction of sp³-hybridized carbons (Fsp3) is 0.500. The third-order valence-electron chi connectivity index (χ3n) is 2.58. The van der Waals surface area contributed by atoms with Crippen molar-refractivity contribution in [1.29, 1.82) is 0 Å². The molecule has 1 rings (SSSR count). The van der Waals surface area contributed by atoms with Crippen LogP contribution in [0.15, 0.2) is 24.3 Å². The molecule has 0 bridgehead atoms. The van der Waals surface area contributed by atoms with Crippen molar-refractivity contribution in [1.82, 2.24) is 5.32 Å². The smallest absolute Gasteiger partial charge is 0.235 e. The van der Waals surface area contributed by atoms with Gasteiger partial charge in [-0.1, -0.05) is 12.1 Å². The van der Waals surface area contributed by atoms with Crippen molar-refractivity contribution in [2.24, 2.45) is 0 Å². The van der Waals surface area contributed by atoms with E-state index in [1.54, 1.807) is 0 Å². The summed E-state index contributed by atoms with van der Waals surface area (Å²) in [5.74, 6) is 0.689. The standard InChI is InChI=1S/C14H20ClNO2/c1-11-5-4-6-12(9-11)18-8-7-14(2,3)16-13(17)10-15/h4-6,9H,7-8,10H2,1-3H3,(H,16,17). The first-order chi connectivity index (χ1) is 8.43. The van der Waals surface area contributed by atoms with E-state index in [0.717, 1.165) is 12.2 Å². The first kappa shape index (κ1) is 14.8. The zero-order valence-electron chi connectivity index (χ0n) is 11.1. The van der Waals surface area contributed by atoms with Crippen LogP contribution in [0.4, 0.5) is 0 Å². The number of halogens is 1. The Hall–Kier alpha value is -1.22. The molecule has 0 saturated carbocycles. The lowest BCUT2D eigenvalue weighted by Gasteiger charge is -2.25. The minimum Gasteiger partial charge on any atom is -0.493 e. The number of amides is 1. The van der Waals surface area contributed by atoms with Crippen LogP contribution < -0.4 is 10.1 Å². The second-order valence-electron chi connectivity index (χ2n) is 4.98. The summed E-state index contributed by atoms with van der Waals surface area (Å²) in [5, 5.41) is 2.85. The number of hydrogen-bond acceptors (Lipinski definition) is 2. The van der Waals surface area contributed by atoms with Crippen LogP contribution in [0, 0.1) is 6.92 Å². The SMILES string of the molecule is Cc1cccc(OCCC(C)(C)NC(=O)CCl)c1. The van der Waals surface area contributed by atoms with Crippen LogP contribution in [0.2, 0.25) is 0 Å². The number of aryl methyl sites for hydroxylation is 1. The summed E-state index contributed by atoms with van der Waals surface area (Å²) in [6, 6.07) is 7.91. The first-order valence-corrected chi connectivity index (χ1v) is 6.53. The highest BCUT2D eigenvalue weighted by atomic mass is 35.5. The maximum Gasteiger partial charge on any atom is 0.235 e. The van der Waals surface area contributed by atoms with Crippen LogP contribution in [0.25, 0.3) is 0 Å². The van der Waals surface area contributed by atoms with Crippen molar-refractivity contribution in [3.05, 3.63) is 29.8 Å². The summed E-state index contributed by atoms with van der Waals surface area (Å²) >= 11 is 5.46. The normalized spacial score (nSPS) is 11.1. The summed E-state index contributed by atoms with van der Waals surface area (Å²) in [7, 11) is 0. The van der Waals surface area contributed by atoms with Crippen LogP contribution in [-0.2, 0) is 4.79 Å². The van der Waals surface area contributed by atoms with E-state index in [9.17, 15) is 4.79 Å². The lowest BCUT2D eigenvalue weighted by atomic mass is 10.0. The minimum absolute atomic E-state index is 0.0117. The Labute approximate surface area is 113 Å². The van der Waals surface area contributed by atoms with Gasteiger partial charge < -0.3 is 10.1 Å². The lowest BCUT2D eigenvalue weighted by molar-refractivity contribution is -0.120. The van der Waals surface area contributed by atoms with Gasteiger partial charge in [-0.3, -0.25) is 4.79 Å². The summed E-state index contributed by atoms with van der Waals surface area (Å²) in [6.07, 6.45) is 0.726. The molecule has 0 aliphatic carbocycles. The van der Waals surface area contributed by atoms with Crippen molar-refractivity contribution in [3.8, 4) is 5.75 Å². The zero-order chi connectivity index (χ0) is 13.6. The second-order valence-corrected chi connectivity index (χ2v) is 5.25.